The molecule has 0 spiro atoms. The lowest BCUT2D eigenvalue weighted by Crippen LogP contribution is -2.41. The molecule has 86 valence electrons. The van der Waals surface area contributed by atoms with Gasteiger partial charge in [-0.15, -0.1) is 0 Å². The van der Waals surface area contributed by atoms with Crippen LogP contribution < -0.4 is 5.73 Å². The van der Waals surface area contributed by atoms with Gasteiger partial charge in [0.1, 0.15) is 0 Å². The largest absolute Gasteiger partial charge is 0.378 e. The van der Waals surface area contributed by atoms with Crippen molar-refractivity contribution in [3.8, 4) is 0 Å². The van der Waals surface area contributed by atoms with E-state index in [-0.39, 0.29) is 5.91 Å². The van der Waals surface area contributed by atoms with Gasteiger partial charge >= 0.3 is 0 Å². The second kappa shape index (κ2) is 5.05. The molecule has 1 aliphatic rings. The van der Waals surface area contributed by atoms with E-state index < -0.39 is 0 Å². The van der Waals surface area contributed by atoms with Gasteiger partial charge in [-0.1, -0.05) is 0 Å². The minimum absolute atomic E-state index is 0.0196. The van der Waals surface area contributed by atoms with Crippen molar-refractivity contribution in [2.24, 2.45) is 5.73 Å². The van der Waals surface area contributed by atoms with Crippen molar-refractivity contribution in [1.82, 2.24) is 9.88 Å². The highest BCUT2D eigenvalue weighted by atomic mass is 16.5. The fourth-order valence-electron chi connectivity index (χ4n) is 1.74. The van der Waals surface area contributed by atoms with Crippen molar-refractivity contribution >= 4 is 5.91 Å². The van der Waals surface area contributed by atoms with Crippen LogP contribution in [0.3, 0.4) is 0 Å². The molecule has 16 heavy (non-hydrogen) atoms. The molecule has 2 rings (SSSR count). The number of amides is 1. The van der Waals surface area contributed by atoms with E-state index in [1.54, 1.807) is 23.4 Å². The van der Waals surface area contributed by atoms with Gasteiger partial charge < -0.3 is 15.4 Å². The van der Waals surface area contributed by atoms with Crippen LogP contribution in [0.25, 0.3) is 0 Å². The van der Waals surface area contributed by atoms with Crippen LogP contribution in [0, 0.1) is 0 Å². The van der Waals surface area contributed by atoms with Crippen LogP contribution in [0.2, 0.25) is 0 Å². The zero-order chi connectivity index (χ0) is 11.4. The van der Waals surface area contributed by atoms with Gasteiger partial charge in [-0.05, 0) is 11.6 Å². The van der Waals surface area contributed by atoms with Crippen molar-refractivity contribution in [1.29, 1.82) is 0 Å². The minimum atomic E-state index is 0.0196. The van der Waals surface area contributed by atoms with E-state index >= 15 is 0 Å². The summed E-state index contributed by atoms with van der Waals surface area (Å²) in [6, 6.07) is 1.72. The van der Waals surface area contributed by atoms with Gasteiger partial charge in [-0.25, -0.2) is 0 Å². The molecule has 1 amide bonds. The number of nitrogens with zero attached hydrogens (tertiary/aromatic N) is 2. The third kappa shape index (κ3) is 2.20. The van der Waals surface area contributed by atoms with Gasteiger partial charge in [-0.3, -0.25) is 9.78 Å². The molecule has 0 unspecified atom stereocenters. The van der Waals surface area contributed by atoms with Gasteiger partial charge in [0.2, 0.25) is 0 Å². The van der Waals surface area contributed by atoms with Gasteiger partial charge in [0.15, 0.2) is 0 Å². The predicted molar refractivity (Wildman–Crippen MR) is 58.9 cm³/mol. The highest BCUT2D eigenvalue weighted by Gasteiger charge is 2.20. The Kier molecular flexibility index (Phi) is 3.48. The van der Waals surface area contributed by atoms with E-state index in [2.05, 4.69) is 4.98 Å². The number of hydrogen-bond donors (Lipinski definition) is 1. The molecular weight excluding hydrogens is 206 g/mol. The molecule has 0 atom stereocenters. The topological polar surface area (TPSA) is 68.5 Å². The van der Waals surface area contributed by atoms with Crippen molar-refractivity contribution < 1.29 is 9.53 Å². The first-order chi connectivity index (χ1) is 7.83. The summed E-state index contributed by atoms with van der Waals surface area (Å²) < 4.78 is 5.21. The minimum Gasteiger partial charge on any atom is -0.378 e. The van der Waals surface area contributed by atoms with Crippen molar-refractivity contribution in [2.45, 2.75) is 6.54 Å². The molecule has 1 fully saturated rings. The second-order valence-corrected chi connectivity index (χ2v) is 3.64. The quantitative estimate of drug-likeness (QED) is 0.764. The number of ether oxygens (including phenoxy) is 1. The van der Waals surface area contributed by atoms with Crippen LogP contribution in [-0.4, -0.2) is 42.1 Å². The van der Waals surface area contributed by atoms with Crippen molar-refractivity contribution in [2.75, 3.05) is 26.3 Å². The summed E-state index contributed by atoms with van der Waals surface area (Å²) in [5, 5.41) is 0. The molecule has 2 heterocycles. The van der Waals surface area contributed by atoms with Gasteiger partial charge in [0, 0.05) is 37.6 Å². The number of hydrogen-bond acceptors (Lipinski definition) is 4. The normalized spacial score (nSPS) is 16.2. The molecule has 0 saturated carbocycles. The Bertz CT molecular complexity index is 375. The lowest BCUT2D eigenvalue weighted by molar-refractivity contribution is 0.0302. The van der Waals surface area contributed by atoms with E-state index in [1.807, 2.05) is 0 Å². The maximum Gasteiger partial charge on any atom is 0.254 e. The molecule has 0 radical (unpaired) electrons. The van der Waals surface area contributed by atoms with Crippen molar-refractivity contribution in [3.63, 3.8) is 0 Å². The van der Waals surface area contributed by atoms with Crippen LogP contribution in [0.15, 0.2) is 18.5 Å². The number of carbonyl (C=O) groups excluding carboxylic acids is 1. The molecule has 2 N–H and O–H groups in total. The van der Waals surface area contributed by atoms with Crippen LogP contribution in [0.1, 0.15) is 15.9 Å². The Morgan fingerprint density at radius 2 is 2.25 bits per heavy atom. The molecule has 0 aromatic carbocycles. The maximum absolute atomic E-state index is 12.2. The number of morpholine rings is 1. The molecule has 1 aliphatic heterocycles. The Labute approximate surface area is 94.2 Å². The molecule has 5 heteroatoms. The first kappa shape index (κ1) is 11.0. The second-order valence-electron chi connectivity index (χ2n) is 3.64. The highest BCUT2D eigenvalue weighted by molar-refractivity contribution is 5.95. The SMILES string of the molecule is NCc1cnccc1C(=O)N1CCOCC1. The summed E-state index contributed by atoms with van der Waals surface area (Å²) in [5.74, 6) is 0.0196. The highest BCUT2D eigenvalue weighted by Crippen LogP contribution is 2.11. The smallest absolute Gasteiger partial charge is 0.254 e. The third-order valence-electron chi connectivity index (χ3n) is 2.65. The molecule has 5 nitrogen and oxygen atoms in total. The lowest BCUT2D eigenvalue weighted by atomic mass is 10.1. The predicted octanol–water partition coefficient (Wildman–Crippen LogP) is 0.0127. The van der Waals surface area contributed by atoms with Gasteiger partial charge in [0.25, 0.3) is 5.91 Å². The zero-order valence-corrected chi connectivity index (χ0v) is 9.06. The molecule has 0 bridgehead atoms. The van der Waals surface area contributed by atoms with E-state index in [0.717, 1.165) is 5.56 Å². The Hall–Kier alpha value is -1.46. The van der Waals surface area contributed by atoms with E-state index in [9.17, 15) is 4.79 Å². The first-order valence-corrected chi connectivity index (χ1v) is 5.33. The average Bonchev–Trinajstić information content (AvgIpc) is 2.39. The summed E-state index contributed by atoms with van der Waals surface area (Å²) >= 11 is 0. The summed E-state index contributed by atoms with van der Waals surface area (Å²) in [6.45, 7) is 2.83. The van der Waals surface area contributed by atoms with Crippen LogP contribution in [0.4, 0.5) is 0 Å². The van der Waals surface area contributed by atoms with Crippen molar-refractivity contribution in [3.05, 3.63) is 29.6 Å². The van der Waals surface area contributed by atoms with Crippen LogP contribution in [-0.2, 0) is 11.3 Å². The van der Waals surface area contributed by atoms with Crippen LogP contribution in [0.5, 0.6) is 0 Å². The van der Waals surface area contributed by atoms with Crippen LogP contribution >= 0.6 is 0 Å². The number of nitrogens with two attached hydrogens (primary N) is 1. The van der Waals surface area contributed by atoms with E-state index in [1.165, 1.54) is 0 Å². The molecular formula is C11H15N3O2. The van der Waals surface area contributed by atoms with E-state index in [0.29, 0.717) is 38.4 Å². The molecule has 1 aromatic rings. The molecule has 1 aromatic heterocycles. The fourth-order valence-corrected chi connectivity index (χ4v) is 1.74. The van der Waals surface area contributed by atoms with Gasteiger partial charge in [0.05, 0.1) is 13.2 Å². The average molecular weight is 221 g/mol. The Morgan fingerprint density at radius 3 is 2.94 bits per heavy atom. The zero-order valence-electron chi connectivity index (χ0n) is 9.06. The number of pyridine rings is 1. The number of aromatic nitrogens is 1. The first-order valence-electron chi connectivity index (χ1n) is 5.33. The summed E-state index contributed by atoms with van der Waals surface area (Å²) in [5.41, 5.74) is 7.03. The number of rotatable bonds is 2. The maximum atomic E-state index is 12.2. The lowest BCUT2D eigenvalue weighted by Gasteiger charge is -2.27. The van der Waals surface area contributed by atoms with E-state index in [4.69, 9.17) is 10.5 Å². The molecule has 0 aliphatic carbocycles. The summed E-state index contributed by atoms with van der Waals surface area (Å²) in [7, 11) is 0. The van der Waals surface area contributed by atoms with Gasteiger partial charge in [-0.2, -0.15) is 0 Å². The fraction of sp³-hybridized carbons (Fsp3) is 0.455. The summed E-state index contributed by atoms with van der Waals surface area (Å²) in [4.78, 5) is 17.9. The standard InChI is InChI=1S/C11H15N3O2/c12-7-9-8-13-2-1-10(9)11(15)14-3-5-16-6-4-14/h1-2,8H,3-7,12H2. The third-order valence-corrected chi connectivity index (χ3v) is 2.65. The number of carbonyl (C=O) groups is 1. The summed E-state index contributed by atoms with van der Waals surface area (Å²) in [6.07, 6.45) is 3.26. The monoisotopic (exact) mass is 221 g/mol. The Morgan fingerprint density at radius 1 is 1.50 bits per heavy atom. The molecule has 1 saturated heterocycles. The Balaban J connectivity index is 2.19.